The third kappa shape index (κ3) is 4.22. The zero-order chi connectivity index (χ0) is 29.0. The number of rotatable bonds is 3. The standard InChI is InChI=1S/C39H27NO2S/c41-43(42)39-16-8-6-14-37(39)36-13-5-7-15-38(36)40(43)32-23-21-29(22-24-32)28-19-17-27(18-20-28)25-31-26-30-9-1-2-10-33(30)35-12-4-3-11-34(31)35/h1-25H,26H2/b31-25-. The van der Waals surface area contributed by atoms with Crippen molar-refractivity contribution in [3.63, 3.8) is 0 Å². The van der Waals surface area contributed by atoms with Crippen molar-refractivity contribution in [1.82, 2.24) is 0 Å². The maximum absolute atomic E-state index is 13.8. The van der Waals surface area contributed by atoms with Crippen molar-refractivity contribution < 1.29 is 8.42 Å². The van der Waals surface area contributed by atoms with Gasteiger partial charge in [-0.3, -0.25) is 0 Å². The molecule has 8 rings (SSSR count). The summed E-state index contributed by atoms with van der Waals surface area (Å²) in [5.74, 6) is 0. The van der Waals surface area contributed by atoms with Gasteiger partial charge in [-0.25, -0.2) is 12.7 Å². The first kappa shape index (κ1) is 25.5. The van der Waals surface area contributed by atoms with Crippen molar-refractivity contribution in [3.05, 3.63) is 162 Å². The fourth-order valence-electron chi connectivity index (χ4n) is 6.42. The van der Waals surface area contributed by atoms with Gasteiger partial charge in [0, 0.05) is 11.1 Å². The lowest BCUT2D eigenvalue weighted by Crippen LogP contribution is -2.30. The Labute approximate surface area is 252 Å². The Morgan fingerprint density at radius 3 is 1.81 bits per heavy atom. The molecule has 0 saturated heterocycles. The Bertz CT molecular complexity index is 2160. The normalized spacial score (nSPS) is 15.3. The van der Waals surface area contributed by atoms with E-state index in [9.17, 15) is 8.42 Å². The summed E-state index contributed by atoms with van der Waals surface area (Å²) >= 11 is 0. The van der Waals surface area contributed by atoms with Gasteiger partial charge in [0.1, 0.15) is 0 Å². The zero-order valence-electron chi connectivity index (χ0n) is 23.3. The summed E-state index contributed by atoms with van der Waals surface area (Å²) in [5, 5.41) is 0. The lowest BCUT2D eigenvalue weighted by atomic mass is 9.82. The van der Waals surface area contributed by atoms with Gasteiger partial charge in [0.05, 0.1) is 16.3 Å². The van der Waals surface area contributed by atoms with E-state index in [1.807, 2.05) is 60.7 Å². The van der Waals surface area contributed by atoms with Crippen LogP contribution in [0.4, 0.5) is 11.4 Å². The Morgan fingerprint density at radius 1 is 0.512 bits per heavy atom. The summed E-state index contributed by atoms with van der Waals surface area (Å²) in [5.41, 5.74) is 12.7. The van der Waals surface area contributed by atoms with Crippen molar-refractivity contribution in [2.24, 2.45) is 0 Å². The second-order valence-corrected chi connectivity index (χ2v) is 12.8. The number of hydrogen-bond donors (Lipinski definition) is 0. The van der Waals surface area contributed by atoms with E-state index in [2.05, 4.69) is 78.9 Å². The number of fused-ring (bicyclic) bond motifs is 6. The molecule has 206 valence electrons. The molecule has 0 spiro atoms. The molecule has 3 nitrogen and oxygen atoms in total. The minimum Gasteiger partial charge on any atom is -0.234 e. The molecule has 4 heteroatoms. The molecule has 0 radical (unpaired) electrons. The van der Waals surface area contributed by atoms with E-state index in [1.54, 1.807) is 12.1 Å². The number of nitrogens with zero attached hydrogens (tertiary/aromatic N) is 1. The van der Waals surface area contributed by atoms with Gasteiger partial charge in [-0.15, -0.1) is 0 Å². The molecule has 6 aromatic rings. The molecular weight excluding hydrogens is 547 g/mol. The number of allylic oxidation sites excluding steroid dienone is 1. The molecule has 0 N–H and O–H groups in total. The van der Waals surface area contributed by atoms with E-state index in [1.165, 1.54) is 32.1 Å². The first-order valence-corrected chi connectivity index (χ1v) is 15.8. The molecule has 6 aromatic carbocycles. The highest BCUT2D eigenvalue weighted by atomic mass is 32.2. The van der Waals surface area contributed by atoms with Crippen molar-refractivity contribution >= 4 is 33.0 Å². The molecule has 2 aliphatic rings. The lowest BCUT2D eigenvalue weighted by molar-refractivity contribution is 0.596. The van der Waals surface area contributed by atoms with Gasteiger partial charge < -0.3 is 0 Å². The van der Waals surface area contributed by atoms with Crippen molar-refractivity contribution in [1.29, 1.82) is 0 Å². The van der Waals surface area contributed by atoms with E-state index in [0.717, 1.165) is 34.2 Å². The van der Waals surface area contributed by atoms with Crippen LogP contribution in [-0.4, -0.2) is 8.42 Å². The fourth-order valence-corrected chi connectivity index (χ4v) is 8.15. The SMILES string of the molecule is O=S1(=O)c2ccccc2-c2ccccc2N1c1ccc(-c2ccc(/C=C3/Cc4ccccc4-c4ccccc43)cc2)cc1. The largest absolute Gasteiger partial charge is 0.269 e. The van der Waals surface area contributed by atoms with Crippen LogP contribution in [0.3, 0.4) is 0 Å². The minimum atomic E-state index is -3.76. The van der Waals surface area contributed by atoms with Crippen LogP contribution in [0.15, 0.2) is 150 Å². The van der Waals surface area contributed by atoms with E-state index >= 15 is 0 Å². The summed E-state index contributed by atoms with van der Waals surface area (Å²) in [6.45, 7) is 0. The maximum atomic E-state index is 13.8. The Hall–Kier alpha value is -5.19. The summed E-state index contributed by atoms with van der Waals surface area (Å²) in [4.78, 5) is 0.326. The summed E-state index contributed by atoms with van der Waals surface area (Å²) in [6.07, 6.45) is 3.20. The van der Waals surface area contributed by atoms with Crippen LogP contribution in [0.25, 0.3) is 45.0 Å². The van der Waals surface area contributed by atoms with Crippen LogP contribution < -0.4 is 4.31 Å². The predicted molar refractivity (Wildman–Crippen MR) is 177 cm³/mol. The number of sulfonamides is 1. The number of hydrogen-bond acceptors (Lipinski definition) is 2. The van der Waals surface area contributed by atoms with Crippen LogP contribution >= 0.6 is 0 Å². The molecule has 0 bridgehead atoms. The second kappa shape index (κ2) is 9.97. The highest BCUT2D eigenvalue weighted by Gasteiger charge is 2.35. The van der Waals surface area contributed by atoms with Crippen LogP contribution in [-0.2, 0) is 16.4 Å². The molecule has 0 saturated carbocycles. The van der Waals surface area contributed by atoms with Gasteiger partial charge in [0.2, 0.25) is 0 Å². The topological polar surface area (TPSA) is 37.4 Å². The Morgan fingerprint density at radius 2 is 1.07 bits per heavy atom. The van der Waals surface area contributed by atoms with Gasteiger partial charge in [0.15, 0.2) is 0 Å². The highest BCUT2D eigenvalue weighted by Crippen LogP contribution is 2.46. The first-order valence-electron chi connectivity index (χ1n) is 14.4. The van der Waals surface area contributed by atoms with Crippen LogP contribution in [0.2, 0.25) is 0 Å². The molecule has 0 fully saturated rings. The third-order valence-corrected chi connectivity index (χ3v) is 10.3. The van der Waals surface area contributed by atoms with Gasteiger partial charge in [-0.2, -0.15) is 0 Å². The predicted octanol–water partition coefficient (Wildman–Crippen LogP) is 9.62. The molecule has 1 aliphatic heterocycles. The molecular formula is C39H27NO2S. The smallest absolute Gasteiger partial charge is 0.234 e. The number of benzene rings is 6. The molecule has 0 aromatic heterocycles. The van der Waals surface area contributed by atoms with Gasteiger partial charge >= 0.3 is 0 Å². The molecule has 1 heterocycles. The van der Waals surface area contributed by atoms with Crippen molar-refractivity contribution in [2.45, 2.75) is 11.3 Å². The van der Waals surface area contributed by atoms with E-state index in [-0.39, 0.29) is 0 Å². The van der Waals surface area contributed by atoms with Gasteiger partial charge in [0.25, 0.3) is 10.0 Å². The number of para-hydroxylation sites is 1. The van der Waals surface area contributed by atoms with Gasteiger partial charge in [-0.05, 0) is 75.2 Å². The molecule has 0 atom stereocenters. The van der Waals surface area contributed by atoms with E-state index < -0.39 is 10.0 Å². The molecule has 0 unspecified atom stereocenters. The van der Waals surface area contributed by atoms with E-state index in [4.69, 9.17) is 0 Å². The highest BCUT2D eigenvalue weighted by molar-refractivity contribution is 7.93. The quantitative estimate of drug-likeness (QED) is 0.211. The minimum absolute atomic E-state index is 0.326. The van der Waals surface area contributed by atoms with Crippen molar-refractivity contribution in [2.75, 3.05) is 4.31 Å². The second-order valence-electron chi connectivity index (χ2n) is 11.0. The van der Waals surface area contributed by atoms with Crippen molar-refractivity contribution in [3.8, 4) is 33.4 Å². The lowest BCUT2D eigenvalue weighted by Gasteiger charge is -2.32. The Kier molecular flexibility index (Phi) is 5.92. The summed E-state index contributed by atoms with van der Waals surface area (Å²) in [6, 6.07) is 48.5. The monoisotopic (exact) mass is 573 g/mol. The van der Waals surface area contributed by atoms with Crippen LogP contribution in [0.1, 0.15) is 16.7 Å². The average Bonchev–Trinajstić information content (AvgIpc) is 3.06. The molecule has 1 aliphatic carbocycles. The zero-order valence-corrected chi connectivity index (χ0v) is 24.1. The molecule has 43 heavy (non-hydrogen) atoms. The maximum Gasteiger partial charge on any atom is 0.269 e. The van der Waals surface area contributed by atoms with Gasteiger partial charge in [-0.1, -0.05) is 127 Å². The van der Waals surface area contributed by atoms with Crippen LogP contribution in [0.5, 0.6) is 0 Å². The fraction of sp³-hybridized carbons (Fsp3) is 0.0256. The summed E-state index contributed by atoms with van der Waals surface area (Å²) in [7, 11) is -3.76. The van der Waals surface area contributed by atoms with E-state index in [0.29, 0.717) is 16.3 Å². The first-order chi connectivity index (χ1) is 21.1. The third-order valence-electron chi connectivity index (χ3n) is 8.47. The average molecular weight is 574 g/mol. The van der Waals surface area contributed by atoms with Crippen LogP contribution in [0, 0.1) is 0 Å². The molecule has 0 amide bonds. The Balaban J connectivity index is 1.10. The number of anilines is 2. The summed E-state index contributed by atoms with van der Waals surface area (Å²) < 4.78 is 29.0.